The van der Waals surface area contributed by atoms with Crippen molar-refractivity contribution in [2.75, 3.05) is 12.4 Å². The molecule has 0 fully saturated rings. The van der Waals surface area contributed by atoms with Gasteiger partial charge >= 0.3 is 0 Å². The van der Waals surface area contributed by atoms with Gasteiger partial charge in [0, 0.05) is 17.1 Å². The lowest BCUT2D eigenvalue weighted by molar-refractivity contribution is 0.110. The predicted octanol–water partition coefficient (Wildman–Crippen LogP) is 5.71. The van der Waals surface area contributed by atoms with Crippen LogP contribution in [0.3, 0.4) is 0 Å². The van der Waals surface area contributed by atoms with E-state index in [0.29, 0.717) is 45.8 Å². The molecule has 0 aliphatic rings. The molecular weight excluding hydrogens is 502 g/mol. The molecule has 182 valence electrons. The predicted molar refractivity (Wildman–Crippen MR) is 138 cm³/mol. The van der Waals surface area contributed by atoms with Gasteiger partial charge in [-0.1, -0.05) is 18.2 Å². The summed E-state index contributed by atoms with van der Waals surface area (Å²) in [5.74, 6) is 1.72. The summed E-state index contributed by atoms with van der Waals surface area (Å²) in [5.41, 5.74) is 1.92. The molecule has 0 unspecified atom stereocenters. The van der Waals surface area contributed by atoms with E-state index in [4.69, 9.17) is 9.15 Å². The van der Waals surface area contributed by atoms with Crippen molar-refractivity contribution in [2.45, 2.75) is 9.79 Å². The van der Waals surface area contributed by atoms with Crippen LogP contribution in [-0.4, -0.2) is 31.8 Å². The SMILES string of the molecule is COc1cc2ncnc(Nc3ccc(S(=O)(=O)c4ccccc4)cc3)c2cc1-c1ccc(C=O)o1.Cl. The molecular formula is C26H20ClN3O5S. The first-order valence-corrected chi connectivity index (χ1v) is 12.0. The molecule has 5 aromatic rings. The van der Waals surface area contributed by atoms with Crippen LogP contribution in [0.5, 0.6) is 5.75 Å². The molecule has 8 nitrogen and oxygen atoms in total. The van der Waals surface area contributed by atoms with Crippen LogP contribution in [0, 0.1) is 0 Å². The van der Waals surface area contributed by atoms with Gasteiger partial charge in [0.15, 0.2) is 12.0 Å². The minimum Gasteiger partial charge on any atom is -0.496 e. The van der Waals surface area contributed by atoms with Gasteiger partial charge in [0.2, 0.25) is 9.84 Å². The van der Waals surface area contributed by atoms with E-state index in [-0.39, 0.29) is 28.0 Å². The summed E-state index contributed by atoms with van der Waals surface area (Å²) in [5, 5.41) is 3.91. The normalized spacial score (nSPS) is 11.0. The van der Waals surface area contributed by atoms with Crippen molar-refractivity contribution >= 4 is 50.9 Å². The Kier molecular flexibility index (Phi) is 7.05. The summed E-state index contributed by atoms with van der Waals surface area (Å²) in [7, 11) is -2.07. The maximum absolute atomic E-state index is 12.9. The number of anilines is 2. The summed E-state index contributed by atoms with van der Waals surface area (Å²) in [4.78, 5) is 20.2. The first-order chi connectivity index (χ1) is 17.0. The van der Waals surface area contributed by atoms with Gasteiger partial charge in [-0.3, -0.25) is 4.79 Å². The molecule has 0 saturated carbocycles. The second-order valence-electron chi connectivity index (χ2n) is 7.58. The van der Waals surface area contributed by atoms with Crippen molar-refractivity contribution in [3.8, 4) is 17.1 Å². The van der Waals surface area contributed by atoms with Crippen molar-refractivity contribution in [2.24, 2.45) is 0 Å². The smallest absolute Gasteiger partial charge is 0.206 e. The van der Waals surface area contributed by atoms with E-state index in [1.54, 1.807) is 79.9 Å². The van der Waals surface area contributed by atoms with Crippen molar-refractivity contribution in [1.82, 2.24) is 9.97 Å². The highest BCUT2D eigenvalue weighted by molar-refractivity contribution is 7.91. The van der Waals surface area contributed by atoms with Crippen LogP contribution in [0.2, 0.25) is 0 Å². The van der Waals surface area contributed by atoms with Gasteiger partial charge in [-0.25, -0.2) is 18.4 Å². The van der Waals surface area contributed by atoms with E-state index in [9.17, 15) is 13.2 Å². The van der Waals surface area contributed by atoms with Crippen LogP contribution in [0.1, 0.15) is 10.6 Å². The zero-order valence-corrected chi connectivity index (χ0v) is 20.5. The van der Waals surface area contributed by atoms with Crippen molar-refractivity contribution in [3.63, 3.8) is 0 Å². The molecule has 36 heavy (non-hydrogen) atoms. The second-order valence-corrected chi connectivity index (χ2v) is 9.53. The van der Waals surface area contributed by atoms with Gasteiger partial charge < -0.3 is 14.5 Å². The summed E-state index contributed by atoms with van der Waals surface area (Å²) in [6.45, 7) is 0. The highest BCUT2D eigenvalue weighted by Crippen LogP contribution is 2.37. The Labute approximate surface area is 213 Å². The number of sulfone groups is 1. The Morgan fingerprint density at radius 3 is 2.31 bits per heavy atom. The number of aromatic nitrogens is 2. The quantitative estimate of drug-likeness (QED) is 0.271. The molecule has 0 saturated heterocycles. The zero-order valence-electron chi connectivity index (χ0n) is 18.9. The lowest BCUT2D eigenvalue weighted by Crippen LogP contribution is -2.02. The van der Waals surface area contributed by atoms with E-state index in [0.717, 1.165) is 0 Å². The van der Waals surface area contributed by atoms with E-state index in [1.807, 2.05) is 6.07 Å². The van der Waals surface area contributed by atoms with Crippen molar-refractivity contribution in [3.05, 3.63) is 91.0 Å². The highest BCUT2D eigenvalue weighted by atomic mass is 35.5. The van der Waals surface area contributed by atoms with E-state index < -0.39 is 9.84 Å². The number of benzene rings is 3. The van der Waals surface area contributed by atoms with Crippen LogP contribution in [0.15, 0.2) is 99.4 Å². The van der Waals surface area contributed by atoms with Gasteiger partial charge in [0.25, 0.3) is 0 Å². The van der Waals surface area contributed by atoms with Gasteiger partial charge in [0.05, 0.1) is 28.0 Å². The number of hydrogen-bond acceptors (Lipinski definition) is 8. The number of fused-ring (bicyclic) bond motifs is 1. The number of methoxy groups -OCH3 is 1. The van der Waals surface area contributed by atoms with Crippen molar-refractivity contribution < 1.29 is 22.4 Å². The van der Waals surface area contributed by atoms with Gasteiger partial charge in [-0.2, -0.15) is 0 Å². The standard InChI is InChI=1S/C26H19N3O5S.ClH/c1-33-25-14-23-21(13-22(25)24-12-9-18(15-30)34-24)26(28-16-27-23)29-17-7-10-20(11-8-17)35(31,32)19-5-3-2-4-6-19;/h2-16H,1H3,(H,27,28,29);1H. The van der Waals surface area contributed by atoms with Crippen LogP contribution < -0.4 is 10.1 Å². The van der Waals surface area contributed by atoms with Crippen LogP contribution in [0.4, 0.5) is 11.5 Å². The molecule has 5 rings (SSSR count). The molecule has 1 N–H and O–H groups in total. The maximum Gasteiger partial charge on any atom is 0.206 e. The van der Waals surface area contributed by atoms with E-state index in [2.05, 4.69) is 15.3 Å². The van der Waals surface area contributed by atoms with E-state index >= 15 is 0 Å². The van der Waals surface area contributed by atoms with E-state index in [1.165, 1.54) is 6.33 Å². The Morgan fingerprint density at radius 2 is 1.64 bits per heavy atom. The highest BCUT2D eigenvalue weighted by Gasteiger charge is 2.18. The first-order valence-electron chi connectivity index (χ1n) is 10.5. The number of carbonyl (C=O) groups is 1. The van der Waals surface area contributed by atoms with Crippen LogP contribution >= 0.6 is 12.4 Å². The van der Waals surface area contributed by atoms with Crippen molar-refractivity contribution in [1.29, 1.82) is 0 Å². The summed E-state index contributed by atoms with van der Waals surface area (Å²) < 4.78 is 36.8. The molecule has 0 atom stereocenters. The number of nitrogens with zero attached hydrogens (tertiary/aromatic N) is 2. The third-order valence-electron chi connectivity index (χ3n) is 5.45. The monoisotopic (exact) mass is 521 g/mol. The fraction of sp³-hybridized carbons (Fsp3) is 0.0385. The van der Waals surface area contributed by atoms with Crippen LogP contribution in [-0.2, 0) is 9.84 Å². The number of aldehydes is 1. The lowest BCUT2D eigenvalue weighted by Gasteiger charge is -2.12. The Hall–Kier alpha value is -4.21. The number of furan rings is 1. The number of carbonyl (C=O) groups excluding carboxylic acids is 1. The third-order valence-corrected chi connectivity index (χ3v) is 7.23. The molecule has 2 aromatic heterocycles. The number of halogens is 1. The van der Waals surface area contributed by atoms with Gasteiger partial charge in [0.1, 0.15) is 23.7 Å². The fourth-order valence-electron chi connectivity index (χ4n) is 3.70. The molecule has 0 aliphatic carbocycles. The molecule has 2 heterocycles. The topological polar surface area (TPSA) is 111 Å². The average molecular weight is 522 g/mol. The largest absolute Gasteiger partial charge is 0.496 e. The molecule has 0 aliphatic heterocycles. The lowest BCUT2D eigenvalue weighted by atomic mass is 10.1. The molecule has 0 bridgehead atoms. The number of ether oxygens (including phenoxy) is 1. The number of nitrogens with one attached hydrogen (secondary N) is 1. The van der Waals surface area contributed by atoms with Gasteiger partial charge in [-0.15, -0.1) is 12.4 Å². The Bertz CT molecular complexity index is 1640. The fourth-order valence-corrected chi connectivity index (χ4v) is 4.98. The molecule has 0 radical (unpaired) electrons. The molecule has 10 heteroatoms. The van der Waals surface area contributed by atoms with Crippen LogP contribution in [0.25, 0.3) is 22.2 Å². The zero-order chi connectivity index (χ0) is 24.4. The number of hydrogen-bond donors (Lipinski definition) is 1. The molecule has 0 spiro atoms. The summed E-state index contributed by atoms with van der Waals surface area (Å²) >= 11 is 0. The molecule has 3 aromatic carbocycles. The summed E-state index contributed by atoms with van der Waals surface area (Å²) in [6, 6.07) is 21.6. The average Bonchev–Trinajstić information content (AvgIpc) is 3.38. The Morgan fingerprint density at radius 1 is 0.917 bits per heavy atom. The first kappa shape index (κ1) is 24.9. The minimum absolute atomic E-state index is 0. The van der Waals surface area contributed by atoms with Gasteiger partial charge in [-0.05, 0) is 54.6 Å². The molecule has 0 amide bonds. The minimum atomic E-state index is -3.61. The Balaban J connectivity index is 0.00000304. The number of rotatable bonds is 7. The maximum atomic E-state index is 12.9. The second kappa shape index (κ2) is 10.2. The third kappa shape index (κ3) is 4.66. The summed E-state index contributed by atoms with van der Waals surface area (Å²) in [6.07, 6.45) is 2.06.